The summed E-state index contributed by atoms with van der Waals surface area (Å²) in [6.07, 6.45) is 1.36. The van der Waals surface area contributed by atoms with Crippen LogP contribution in [0.1, 0.15) is 6.92 Å². The van der Waals surface area contributed by atoms with Crippen LogP contribution >= 0.6 is 0 Å². The van der Waals surface area contributed by atoms with Gasteiger partial charge in [0, 0.05) is 0 Å². The van der Waals surface area contributed by atoms with Crippen LogP contribution in [-0.2, 0) is 0 Å². The molecule has 3 rings (SSSR count). The Morgan fingerprint density at radius 1 is 0.962 bits per heavy atom. The fourth-order valence-electron chi connectivity index (χ4n) is 2.15. The second-order valence-corrected chi connectivity index (χ2v) is 5.07. The highest BCUT2D eigenvalue weighted by molar-refractivity contribution is 5.64. The summed E-state index contributed by atoms with van der Waals surface area (Å²) in [5.41, 5.74) is 0.345. The minimum Gasteiger partial charge on any atom is -0.492 e. The number of para-hydroxylation sites is 2. The van der Waals surface area contributed by atoms with Crippen molar-refractivity contribution < 1.29 is 17.9 Å². The van der Waals surface area contributed by atoms with Gasteiger partial charge in [0.05, 0.1) is 24.2 Å². The standard InChI is InChI=1S/C17H14F3N5O/c1-2-26-13-6-4-3-5-11(13)22-14-9-21-25-17(24-14)23-12-8-7-10(18)15(19)16(12)20/h3-9H,2H2,1H3,(H2,22,23,24,25). The second kappa shape index (κ2) is 7.68. The summed E-state index contributed by atoms with van der Waals surface area (Å²) < 4.78 is 45.6. The smallest absolute Gasteiger partial charge is 0.249 e. The summed E-state index contributed by atoms with van der Waals surface area (Å²) in [7, 11) is 0. The topological polar surface area (TPSA) is 72.0 Å². The van der Waals surface area contributed by atoms with Crippen LogP contribution in [0.5, 0.6) is 5.75 Å². The van der Waals surface area contributed by atoms with E-state index < -0.39 is 17.5 Å². The third-order valence-electron chi connectivity index (χ3n) is 3.29. The number of halogens is 3. The number of hydrogen-bond donors (Lipinski definition) is 2. The van der Waals surface area contributed by atoms with E-state index in [9.17, 15) is 13.2 Å². The van der Waals surface area contributed by atoms with Crippen LogP contribution in [0.2, 0.25) is 0 Å². The van der Waals surface area contributed by atoms with Crippen LogP contribution in [-0.4, -0.2) is 21.8 Å². The van der Waals surface area contributed by atoms with Gasteiger partial charge in [0.1, 0.15) is 5.75 Å². The number of nitrogens with zero attached hydrogens (tertiary/aromatic N) is 3. The van der Waals surface area contributed by atoms with Crippen LogP contribution in [0.3, 0.4) is 0 Å². The fraction of sp³-hybridized carbons (Fsp3) is 0.118. The van der Waals surface area contributed by atoms with Crippen molar-refractivity contribution in [3.63, 3.8) is 0 Å². The molecule has 134 valence electrons. The van der Waals surface area contributed by atoms with E-state index in [1.54, 1.807) is 12.1 Å². The summed E-state index contributed by atoms with van der Waals surface area (Å²) >= 11 is 0. The number of ether oxygens (including phenoxy) is 1. The third-order valence-corrected chi connectivity index (χ3v) is 3.29. The Kier molecular flexibility index (Phi) is 5.16. The Morgan fingerprint density at radius 3 is 2.58 bits per heavy atom. The maximum atomic E-state index is 13.7. The molecule has 0 fully saturated rings. The molecule has 26 heavy (non-hydrogen) atoms. The Hall–Kier alpha value is -3.36. The van der Waals surface area contributed by atoms with Crippen molar-refractivity contribution in [2.24, 2.45) is 0 Å². The number of anilines is 4. The SMILES string of the molecule is CCOc1ccccc1Nc1cnnc(Nc2ccc(F)c(F)c2F)n1. The fourth-order valence-corrected chi connectivity index (χ4v) is 2.15. The lowest BCUT2D eigenvalue weighted by molar-refractivity contribution is 0.342. The number of nitrogens with one attached hydrogen (secondary N) is 2. The lowest BCUT2D eigenvalue weighted by atomic mass is 10.3. The first-order valence-electron chi connectivity index (χ1n) is 7.67. The normalized spacial score (nSPS) is 10.5. The molecule has 0 spiro atoms. The molecule has 2 N–H and O–H groups in total. The predicted molar refractivity (Wildman–Crippen MR) is 90.3 cm³/mol. The van der Waals surface area contributed by atoms with E-state index in [2.05, 4.69) is 25.8 Å². The Morgan fingerprint density at radius 2 is 1.77 bits per heavy atom. The molecule has 9 heteroatoms. The van der Waals surface area contributed by atoms with Crippen molar-refractivity contribution in [3.8, 4) is 5.75 Å². The van der Waals surface area contributed by atoms with Crippen LogP contribution in [0.25, 0.3) is 0 Å². The first-order valence-corrected chi connectivity index (χ1v) is 7.67. The average Bonchev–Trinajstić information content (AvgIpc) is 2.64. The van der Waals surface area contributed by atoms with E-state index in [0.29, 0.717) is 23.9 Å². The maximum absolute atomic E-state index is 13.7. The molecule has 0 unspecified atom stereocenters. The Balaban J connectivity index is 1.82. The molecular weight excluding hydrogens is 347 g/mol. The molecule has 0 saturated heterocycles. The summed E-state index contributed by atoms with van der Waals surface area (Å²) in [6.45, 7) is 2.35. The first kappa shape index (κ1) is 17.5. The molecule has 3 aromatic rings. The van der Waals surface area contributed by atoms with Crippen LogP contribution in [0.15, 0.2) is 42.6 Å². The molecule has 6 nitrogen and oxygen atoms in total. The second-order valence-electron chi connectivity index (χ2n) is 5.07. The van der Waals surface area contributed by atoms with Gasteiger partial charge in [0.2, 0.25) is 5.95 Å². The summed E-state index contributed by atoms with van der Waals surface area (Å²) in [5, 5.41) is 12.9. The van der Waals surface area contributed by atoms with Gasteiger partial charge in [0.15, 0.2) is 23.3 Å². The summed E-state index contributed by atoms with van der Waals surface area (Å²) in [5.74, 6) is -3.40. The van der Waals surface area contributed by atoms with E-state index in [-0.39, 0.29) is 11.6 Å². The van der Waals surface area contributed by atoms with Gasteiger partial charge in [-0.3, -0.25) is 0 Å². The van der Waals surface area contributed by atoms with Crippen molar-refractivity contribution in [3.05, 3.63) is 60.0 Å². The van der Waals surface area contributed by atoms with E-state index in [4.69, 9.17) is 4.74 Å². The first-order chi connectivity index (χ1) is 12.6. The molecule has 1 heterocycles. The van der Waals surface area contributed by atoms with Gasteiger partial charge < -0.3 is 15.4 Å². The molecule has 0 aliphatic heterocycles. The average molecular weight is 361 g/mol. The third kappa shape index (κ3) is 3.82. The molecular formula is C17H14F3N5O. The zero-order chi connectivity index (χ0) is 18.5. The molecule has 0 radical (unpaired) electrons. The largest absolute Gasteiger partial charge is 0.492 e. The lowest BCUT2D eigenvalue weighted by Crippen LogP contribution is -2.05. The van der Waals surface area contributed by atoms with Gasteiger partial charge in [-0.2, -0.15) is 10.1 Å². The predicted octanol–water partition coefficient (Wildman–Crippen LogP) is 4.17. The summed E-state index contributed by atoms with van der Waals surface area (Å²) in [6, 6.07) is 9.06. The highest BCUT2D eigenvalue weighted by Gasteiger charge is 2.14. The van der Waals surface area contributed by atoms with Crippen LogP contribution in [0.4, 0.5) is 36.3 Å². The monoisotopic (exact) mass is 361 g/mol. The zero-order valence-corrected chi connectivity index (χ0v) is 13.6. The summed E-state index contributed by atoms with van der Waals surface area (Å²) in [4.78, 5) is 4.12. The van der Waals surface area contributed by atoms with Crippen molar-refractivity contribution in [2.45, 2.75) is 6.92 Å². The minimum atomic E-state index is -1.58. The molecule has 0 bridgehead atoms. The maximum Gasteiger partial charge on any atom is 0.249 e. The van der Waals surface area contributed by atoms with Crippen molar-refractivity contribution in [2.75, 3.05) is 17.2 Å². The Bertz CT molecular complexity index is 923. The van der Waals surface area contributed by atoms with Crippen LogP contribution < -0.4 is 15.4 Å². The van der Waals surface area contributed by atoms with E-state index in [1.165, 1.54) is 6.20 Å². The Labute approximate surface area is 147 Å². The molecule has 0 saturated carbocycles. The highest BCUT2D eigenvalue weighted by atomic mass is 19.2. The molecule has 0 aliphatic carbocycles. The number of hydrogen-bond acceptors (Lipinski definition) is 6. The molecule has 0 amide bonds. The van der Waals surface area contributed by atoms with Gasteiger partial charge in [-0.1, -0.05) is 12.1 Å². The van der Waals surface area contributed by atoms with Crippen molar-refractivity contribution in [1.29, 1.82) is 0 Å². The number of rotatable bonds is 6. The van der Waals surface area contributed by atoms with Gasteiger partial charge in [-0.15, -0.1) is 5.10 Å². The quantitative estimate of drug-likeness (QED) is 0.642. The number of aromatic nitrogens is 3. The van der Waals surface area contributed by atoms with E-state index in [1.807, 2.05) is 19.1 Å². The van der Waals surface area contributed by atoms with E-state index in [0.717, 1.165) is 12.1 Å². The molecule has 0 aliphatic rings. The molecule has 0 atom stereocenters. The molecule has 1 aromatic heterocycles. The van der Waals surface area contributed by atoms with Crippen molar-refractivity contribution in [1.82, 2.24) is 15.2 Å². The van der Waals surface area contributed by atoms with Crippen LogP contribution in [0, 0.1) is 17.5 Å². The van der Waals surface area contributed by atoms with Gasteiger partial charge in [0.25, 0.3) is 0 Å². The number of benzene rings is 2. The lowest BCUT2D eigenvalue weighted by Gasteiger charge is -2.12. The molecule has 2 aromatic carbocycles. The minimum absolute atomic E-state index is 0.0891. The van der Waals surface area contributed by atoms with Gasteiger partial charge in [-0.05, 0) is 31.2 Å². The van der Waals surface area contributed by atoms with Crippen molar-refractivity contribution >= 4 is 23.1 Å². The van der Waals surface area contributed by atoms with E-state index >= 15 is 0 Å². The van der Waals surface area contributed by atoms with Gasteiger partial charge >= 0.3 is 0 Å². The zero-order valence-electron chi connectivity index (χ0n) is 13.6. The highest BCUT2D eigenvalue weighted by Crippen LogP contribution is 2.27. The van der Waals surface area contributed by atoms with Gasteiger partial charge in [-0.25, -0.2) is 13.2 Å².